The van der Waals surface area contributed by atoms with Gasteiger partial charge in [0, 0.05) is 12.6 Å². The van der Waals surface area contributed by atoms with Gasteiger partial charge in [-0.15, -0.1) is 0 Å². The van der Waals surface area contributed by atoms with E-state index in [1.165, 1.54) is 0 Å². The average molecular weight is 165 g/mol. The van der Waals surface area contributed by atoms with Crippen molar-refractivity contribution in [3.63, 3.8) is 0 Å². The fourth-order valence-corrected chi connectivity index (χ4v) is 0.940. The largest absolute Gasteiger partial charge is 0.341 e. The van der Waals surface area contributed by atoms with Gasteiger partial charge in [-0.3, -0.25) is 4.79 Å². The van der Waals surface area contributed by atoms with Crippen LogP contribution in [-0.2, 0) is 0 Å². The topological polar surface area (TPSA) is 45.8 Å². The second-order valence-electron chi connectivity index (χ2n) is 4.06. The van der Waals surface area contributed by atoms with Gasteiger partial charge in [-0.05, 0) is 5.41 Å². The molecule has 0 aliphatic rings. The number of hydrogen-bond acceptors (Lipinski definition) is 2. The molecule has 1 rings (SSSR count). The highest BCUT2D eigenvalue weighted by Crippen LogP contribution is 2.20. The summed E-state index contributed by atoms with van der Waals surface area (Å²) in [5.41, 5.74) is 0.501. The van der Waals surface area contributed by atoms with E-state index in [1.54, 1.807) is 6.20 Å². The van der Waals surface area contributed by atoms with E-state index in [1.807, 2.05) is 20.8 Å². The van der Waals surface area contributed by atoms with E-state index in [0.29, 0.717) is 12.1 Å². The highest BCUT2D eigenvalue weighted by Gasteiger charge is 2.18. The number of ketones is 1. The van der Waals surface area contributed by atoms with Gasteiger partial charge in [-0.1, -0.05) is 20.8 Å². The van der Waals surface area contributed by atoms with E-state index in [-0.39, 0.29) is 11.2 Å². The summed E-state index contributed by atoms with van der Waals surface area (Å²) in [6.07, 6.45) is 4.60. The van der Waals surface area contributed by atoms with Crippen LogP contribution in [0.15, 0.2) is 6.20 Å². The molecule has 0 aliphatic carbocycles. The van der Waals surface area contributed by atoms with E-state index in [0.717, 1.165) is 0 Å². The van der Waals surface area contributed by atoms with Crippen LogP contribution >= 0.6 is 0 Å². The molecular formula is C9H13N2O. The molecule has 0 atom stereocenters. The molecule has 3 heteroatoms. The first-order valence-electron chi connectivity index (χ1n) is 3.94. The molecule has 0 saturated heterocycles. The molecule has 3 nitrogen and oxygen atoms in total. The molecule has 1 aromatic heterocycles. The summed E-state index contributed by atoms with van der Waals surface area (Å²) < 4.78 is 0. The third-order valence-corrected chi connectivity index (χ3v) is 1.43. The number of carbonyl (C=O) groups excluding carboxylic acids is 1. The Morgan fingerprint density at radius 2 is 2.33 bits per heavy atom. The number of carbonyl (C=O) groups is 1. The van der Waals surface area contributed by atoms with Crippen LogP contribution in [0, 0.1) is 11.7 Å². The maximum Gasteiger partial charge on any atom is 0.183 e. The van der Waals surface area contributed by atoms with Crippen LogP contribution in [0.5, 0.6) is 0 Å². The fourth-order valence-electron chi connectivity index (χ4n) is 0.940. The van der Waals surface area contributed by atoms with Gasteiger partial charge in [0.25, 0.3) is 0 Å². The van der Waals surface area contributed by atoms with Crippen LogP contribution < -0.4 is 0 Å². The van der Waals surface area contributed by atoms with Gasteiger partial charge >= 0.3 is 0 Å². The van der Waals surface area contributed by atoms with Crippen LogP contribution in [0.25, 0.3) is 0 Å². The summed E-state index contributed by atoms with van der Waals surface area (Å²) in [5.74, 6) is 0.0694. The van der Waals surface area contributed by atoms with E-state index < -0.39 is 0 Å². The molecule has 0 spiro atoms. The lowest BCUT2D eigenvalue weighted by Crippen LogP contribution is -2.13. The highest BCUT2D eigenvalue weighted by molar-refractivity contribution is 5.94. The first kappa shape index (κ1) is 8.97. The predicted molar refractivity (Wildman–Crippen MR) is 45.8 cm³/mol. The molecule has 0 bridgehead atoms. The first-order chi connectivity index (χ1) is 5.49. The normalized spacial score (nSPS) is 11.6. The molecule has 0 saturated carbocycles. The summed E-state index contributed by atoms with van der Waals surface area (Å²) in [7, 11) is 0. The van der Waals surface area contributed by atoms with E-state index in [2.05, 4.69) is 16.3 Å². The Kier molecular flexibility index (Phi) is 2.31. The average Bonchev–Trinajstić information content (AvgIpc) is 2.32. The number of rotatable bonds is 2. The molecule has 0 unspecified atom stereocenters. The molecule has 65 valence electrons. The maximum absolute atomic E-state index is 11.4. The number of imidazole rings is 1. The van der Waals surface area contributed by atoms with Crippen LogP contribution in [0.3, 0.4) is 0 Å². The zero-order valence-electron chi connectivity index (χ0n) is 7.64. The lowest BCUT2D eigenvalue weighted by atomic mass is 9.89. The van der Waals surface area contributed by atoms with Crippen LogP contribution in [0.2, 0.25) is 0 Å². The highest BCUT2D eigenvalue weighted by atomic mass is 16.1. The van der Waals surface area contributed by atoms with Gasteiger partial charge < -0.3 is 4.98 Å². The van der Waals surface area contributed by atoms with Crippen molar-refractivity contribution in [1.29, 1.82) is 0 Å². The van der Waals surface area contributed by atoms with E-state index in [9.17, 15) is 4.79 Å². The zero-order chi connectivity index (χ0) is 9.19. The quantitative estimate of drug-likeness (QED) is 0.679. The second-order valence-corrected chi connectivity index (χ2v) is 4.06. The Morgan fingerprint density at radius 1 is 1.67 bits per heavy atom. The first-order valence-corrected chi connectivity index (χ1v) is 3.94. The Morgan fingerprint density at radius 3 is 2.75 bits per heavy atom. The minimum absolute atomic E-state index is 0.0238. The minimum atomic E-state index is 0.0238. The smallest absolute Gasteiger partial charge is 0.183 e. The number of nitrogens with one attached hydrogen (secondary N) is 1. The van der Waals surface area contributed by atoms with Gasteiger partial charge in [-0.2, -0.15) is 0 Å². The third-order valence-electron chi connectivity index (χ3n) is 1.43. The minimum Gasteiger partial charge on any atom is -0.341 e. The van der Waals surface area contributed by atoms with Crippen LogP contribution in [0.1, 0.15) is 37.7 Å². The van der Waals surface area contributed by atoms with Crippen molar-refractivity contribution in [2.24, 2.45) is 5.41 Å². The number of Topliss-reactive ketones (excluding diaryl/α,β-unsaturated/α-hetero) is 1. The third kappa shape index (κ3) is 2.49. The number of H-pyrrole nitrogens is 1. The Labute approximate surface area is 72.2 Å². The van der Waals surface area contributed by atoms with Crippen molar-refractivity contribution < 1.29 is 4.79 Å². The van der Waals surface area contributed by atoms with Crippen molar-refractivity contribution >= 4 is 5.78 Å². The van der Waals surface area contributed by atoms with Gasteiger partial charge in [-0.25, -0.2) is 4.98 Å². The Hall–Kier alpha value is -1.12. The van der Waals surface area contributed by atoms with Gasteiger partial charge in [0.15, 0.2) is 12.1 Å². The van der Waals surface area contributed by atoms with Crippen molar-refractivity contribution in [1.82, 2.24) is 9.97 Å². The molecule has 0 aliphatic heterocycles. The van der Waals surface area contributed by atoms with Crippen molar-refractivity contribution in [2.75, 3.05) is 0 Å². The molecule has 0 aromatic carbocycles. The number of aromatic nitrogens is 2. The molecule has 0 amide bonds. The monoisotopic (exact) mass is 165 g/mol. The Bertz CT molecular complexity index is 257. The maximum atomic E-state index is 11.4. The van der Waals surface area contributed by atoms with Gasteiger partial charge in [0.2, 0.25) is 0 Å². The molecule has 1 heterocycles. The number of nitrogens with zero attached hydrogens (tertiary/aromatic N) is 1. The SMILES string of the molecule is CC(C)(C)CC(=O)c1c[nH][c]n1. The summed E-state index contributed by atoms with van der Waals surface area (Å²) in [4.78, 5) is 17.8. The number of aromatic amines is 1. The Balaban J connectivity index is 2.63. The standard InChI is InChI=1S/C9H13N2O/c1-9(2,3)4-8(12)7-5-10-6-11-7/h5H,4H2,1-3H3,(H,10,11). The predicted octanol–water partition coefficient (Wildman–Crippen LogP) is 1.83. The summed E-state index contributed by atoms with van der Waals surface area (Å²) in [5, 5.41) is 0. The van der Waals surface area contributed by atoms with E-state index >= 15 is 0 Å². The molecular weight excluding hydrogens is 152 g/mol. The molecule has 12 heavy (non-hydrogen) atoms. The molecule has 1 aromatic rings. The van der Waals surface area contributed by atoms with Gasteiger partial charge in [0.1, 0.15) is 5.69 Å². The van der Waals surface area contributed by atoms with Crippen molar-refractivity contribution in [3.05, 3.63) is 18.2 Å². The van der Waals surface area contributed by atoms with Gasteiger partial charge in [0.05, 0.1) is 0 Å². The lowest BCUT2D eigenvalue weighted by Gasteiger charge is -2.15. The van der Waals surface area contributed by atoms with Crippen molar-refractivity contribution in [2.45, 2.75) is 27.2 Å². The van der Waals surface area contributed by atoms with Crippen molar-refractivity contribution in [3.8, 4) is 0 Å². The lowest BCUT2D eigenvalue weighted by molar-refractivity contribution is 0.0935. The molecule has 1 N–H and O–H groups in total. The van der Waals surface area contributed by atoms with Crippen LogP contribution in [-0.4, -0.2) is 15.8 Å². The van der Waals surface area contributed by atoms with Crippen LogP contribution in [0.4, 0.5) is 0 Å². The summed E-state index contributed by atoms with van der Waals surface area (Å²) in [6, 6.07) is 0. The van der Waals surface area contributed by atoms with E-state index in [4.69, 9.17) is 0 Å². The number of hydrogen-bond donors (Lipinski definition) is 1. The second kappa shape index (κ2) is 3.09. The zero-order valence-corrected chi connectivity index (χ0v) is 7.64. The fraction of sp³-hybridized carbons (Fsp3) is 0.556. The molecule has 1 radical (unpaired) electrons. The summed E-state index contributed by atoms with van der Waals surface area (Å²) in [6.45, 7) is 6.09. The summed E-state index contributed by atoms with van der Waals surface area (Å²) >= 11 is 0. The molecule has 0 fully saturated rings.